The molecule has 1 heteroatoms. The standard InChI is InChI=1S/C10H22S/c1-5-6-9(2)7-10(3)8-11-4/h9-10H,5-8H2,1-4H3. The van der Waals surface area contributed by atoms with E-state index in [0.29, 0.717) is 0 Å². The van der Waals surface area contributed by atoms with E-state index in [1.807, 2.05) is 11.8 Å². The van der Waals surface area contributed by atoms with E-state index in [0.717, 1.165) is 11.8 Å². The highest BCUT2D eigenvalue weighted by atomic mass is 32.2. The van der Waals surface area contributed by atoms with E-state index in [-0.39, 0.29) is 0 Å². The minimum atomic E-state index is 0.909. The van der Waals surface area contributed by atoms with Gasteiger partial charge in [-0.15, -0.1) is 0 Å². The summed E-state index contributed by atoms with van der Waals surface area (Å²) in [5.74, 6) is 3.17. The van der Waals surface area contributed by atoms with Crippen LogP contribution >= 0.6 is 11.8 Å². The molecule has 2 unspecified atom stereocenters. The molecule has 0 aliphatic carbocycles. The second kappa shape index (κ2) is 7.02. The Labute approximate surface area is 76.1 Å². The molecule has 0 N–H and O–H groups in total. The SMILES string of the molecule is CCCC(C)CC(C)CSC. The van der Waals surface area contributed by atoms with Crippen LogP contribution in [0.15, 0.2) is 0 Å². The fraction of sp³-hybridized carbons (Fsp3) is 1.00. The lowest BCUT2D eigenvalue weighted by molar-refractivity contribution is 0.416. The first kappa shape index (κ1) is 11.4. The average molecular weight is 174 g/mol. The lowest BCUT2D eigenvalue weighted by Crippen LogP contribution is -2.04. The Balaban J connectivity index is 3.32. The number of rotatable bonds is 6. The molecular weight excluding hydrogens is 152 g/mol. The van der Waals surface area contributed by atoms with Gasteiger partial charge in [0.25, 0.3) is 0 Å². The van der Waals surface area contributed by atoms with E-state index in [1.165, 1.54) is 25.0 Å². The van der Waals surface area contributed by atoms with Crippen LogP contribution in [-0.2, 0) is 0 Å². The number of thioether (sulfide) groups is 1. The van der Waals surface area contributed by atoms with Crippen LogP contribution in [0.4, 0.5) is 0 Å². The van der Waals surface area contributed by atoms with Crippen LogP contribution < -0.4 is 0 Å². The summed E-state index contributed by atoms with van der Waals surface area (Å²) in [6.45, 7) is 7.01. The Morgan fingerprint density at radius 1 is 1.18 bits per heavy atom. The van der Waals surface area contributed by atoms with Crippen LogP contribution in [-0.4, -0.2) is 12.0 Å². The fourth-order valence-corrected chi connectivity index (χ4v) is 2.36. The molecule has 0 saturated carbocycles. The molecule has 0 aliphatic heterocycles. The minimum absolute atomic E-state index is 0.909. The van der Waals surface area contributed by atoms with Crippen molar-refractivity contribution in [2.75, 3.05) is 12.0 Å². The van der Waals surface area contributed by atoms with Gasteiger partial charge < -0.3 is 0 Å². The Morgan fingerprint density at radius 2 is 1.82 bits per heavy atom. The molecule has 0 amide bonds. The largest absolute Gasteiger partial charge is 0.165 e. The summed E-state index contributed by atoms with van der Waals surface area (Å²) < 4.78 is 0. The molecule has 0 aliphatic rings. The minimum Gasteiger partial charge on any atom is -0.165 e. The third-order valence-corrected chi connectivity index (χ3v) is 2.94. The van der Waals surface area contributed by atoms with Gasteiger partial charge in [0.15, 0.2) is 0 Å². The van der Waals surface area contributed by atoms with Crippen molar-refractivity contribution >= 4 is 11.8 Å². The number of hydrogen-bond donors (Lipinski definition) is 0. The van der Waals surface area contributed by atoms with E-state index >= 15 is 0 Å². The highest BCUT2D eigenvalue weighted by Gasteiger charge is 2.06. The predicted octanol–water partition coefficient (Wildman–Crippen LogP) is 3.81. The molecule has 0 fully saturated rings. The zero-order chi connectivity index (χ0) is 8.69. The highest BCUT2D eigenvalue weighted by molar-refractivity contribution is 7.98. The molecule has 2 atom stereocenters. The third kappa shape index (κ3) is 6.74. The molecule has 11 heavy (non-hydrogen) atoms. The van der Waals surface area contributed by atoms with Crippen LogP contribution in [0.1, 0.15) is 40.0 Å². The summed E-state index contributed by atoms with van der Waals surface area (Å²) in [4.78, 5) is 0. The maximum absolute atomic E-state index is 2.38. The number of hydrogen-bond acceptors (Lipinski definition) is 1. The van der Waals surface area contributed by atoms with E-state index < -0.39 is 0 Å². The van der Waals surface area contributed by atoms with Crippen molar-refractivity contribution in [3.63, 3.8) is 0 Å². The normalized spacial score (nSPS) is 16.4. The molecule has 0 aromatic heterocycles. The molecule has 0 heterocycles. The summed E-state index contributed by atoms with van der Waals surface area (Å²) in [6.07, 6.45) is 6.35. The van der Waals surface area contributed by atoms with Gasteiger partial charge in [-0.05, 0) is 30.3 Å². The molecule has 0 aromatic rings. The van der Waals surface area contributed by atoms with Gasteiger partial charge in [0.2, 0.25) is 0 Å². The van der Waals surface area contributed by atoms with E-state index in [9.17, 15) is 0 Å². The maximum atomic E-state index is 2.38. The molecule has 0 spiro atoms. The van der Waals surface area contributed by atoms with Crippen LogP contribution in [0.5, 0.6) is 0 Å². The van der Waals surface area contributed by atoms with Crippen molar-refractivity contribution in [3.8, 4) is 0 Å². The third-order valence-electron chi connectivity index (χ3n) is 2.04. The van der Waals surface area contributed by atoms with Crippen LogP contribution in [0, 0.1) is 11.8 Å². The first-order valence-electron chi connectivity index (χ1n) is 4.69. The van der Waals surface area contributed by atoms with Gasteiger partial charge in [-0.1, -0.05) is 33.6 Å². The van der Waals surface area contributed by atoms with Crippen molar-refractivity contribution in [3.05, 3.63) is 0 Å². The van der Waals surface area contributed by atoms with Crippen molar-refractivity contribution in [2.24, 2.45) is 11.8 Å². The van der Waals surface area contributed by atoms with Crippen molar-refractivity contribution in [1.82, 2.24) is 0 Å². The lowest BCUT2D eigenvalue weighted by Gasteiger charge is -2.15. The lowest BCUT2D eigenvalue weighted by atomic mass is 9.95. The van der Waals surface area contributed by atoms with Gasteiger partial charge in [-0.3, -0.25) is 0 Å². The van der Waals surface area contributed by atoms with Crippen LogP contribution in [0.25, 0.3) is 0 Å². The summed E-state index contributed by atoms with van der Waals surface area (Å²) >= 11 is 1.97. The Morgan fingerprint density at radius 3 is 2.27 bits per heavy atom. The van der Waals surface area contributed by atoms with Gasteiger partial charge in [-0.2, -0.15) is 11.8 Å². The molecule has 0 rings (SSSR count). The van der Waals surface area contributed by atoms with Crippen molar-refractivity contribution in [1.29, 1.82) is 0 Å². The Hall–Kier alpha value is 0.350. The fourth-order valence-electron chi connectivity index (χ4n) is 1.65. The molecule has 0 saturated heterocycles. The topological polar surface area (TPSA) is 0 Å². The zero-order valence-corrected chi connectivity index (χ0v) is 9.21. The monoisotopic (exact) mass is 174 g/mol. The smallest absolute Gasteiger partial charge is 0.00444 e. The van der Waals surface area contributed by atoms with Gasteiger partial charge in [0.05, 0.1) is 0 Å². The first-order chi connectivity index (χ1) is 5.20. The molecule has 68 valence electrons. The summed E-state index contributed by atoms with van der Waals surface area (Å²) in [6, 6.07) is 0. The van der Waals surface area contributed by atoms with E-state index in [2.05, 4.69) is 27.0 Å². The van der Waals surface area contributed by atoms with Gasteiger partial charge in [-0.25, -0.2) is 0 Å². The second-order valence-corrected chi connectivity index (χ2v) is 4.60. The molecule has 0 radical (unpaired) electrons. The van der Waals surface area contributed by atoms with Gasteiger partial charge >= 0.3 is 0 Å². The maximum Gasteiger partial charge on any atom is -0.00444 e. The first-order valence-corrected chi connectivity index (χ1v) is 6.09. The predicted molar refractivity (Wildman–Crippen MR) is 56.2 cm³/mol. The Kier molecular flexibility index (Phi) is 7.25. The zero-order valence-electron chi connectivity index (χ0n) is 8.39. The summed E-state index contributed by atoms with van der Waals surface area (Å²) in [5, 5.41) is 0. The molecule has 0 bridgehead atoms. The molecule has 0 aromatic carbocycles. The molecular formula is C10H22S. The van der Waals surface area contributed by atoms with E-state index in [4.69, 9.17) is 0 Å². The summed E-state index contributed by atoms with van der Waals surface area (Å²) in [5.41, 5.74) is 0. The summed E-state index contributed by atoms with van der Waals surface area (Å²) in [7, 11) is 0. The average Bonchev–Trinajstić information content (AvgIpc) is 1.87. The Bertz CT molecular complexity index is 70.9. The van der Waals surface area contributed by atoms with Gasteiger partial charge in [0, 0.05) is 0 Å². The highest BCUT2D eigenvalue weighted by Crippen LogP contribution is 2.18. The van der Waals surface area contributed by atoms with E-state index in [1.54, 1.807) is 0 Å². The van der Waals surface area contributed by atoms with Crippen LogP contribution in [0.3, 0.4) is 0 Å². The second-order valence-electron chi connectivity index (χ2n) is 3.69. The quantitative estimate of drug-likeness (QED) is 0.590. The van der Waals surface area contributed by atoms with Gasteiger partial charge in [0.1, 0.15) is 0 Å². The van der Waals surface area contributed by atoms with Crippen LogP contribution in [0.2, 0.25) is 0 Å². The van der Waals surface area contributed by atoms with Crippen molar-refractivity contribution < 1.29 is 0 Å². The van der Waals surface area contributed by atoms with Crippen molar-refractivity contribution in [2.45, 2.75) is 40.0 Å². The molecule has 0 nitrogen and oxygen atoms in total.